The number of esters is 1. The van der Waals surface area contributed by atoms with Crippen molar-refractivity contribution < 1.29 is 9.53 Å². The molecule has 2 rings (SSSR count). The topological polar surface area (TPSA) is 60.7 Å². The molecule has 0 spiro atoms. The van der Waals surface area contributed by atoms with Gasteiger partial charge in [0.15, 0.2) is 0 Å². The third kappa shape index (κ3) is 2.36. The van der Waals surface area contributed by atoms with E-state index < -0.39 is 5.97 Å². The van der Waals surface area contributed by atoms with Crippen LogP contribution in [0.3, 0.4) is 0 Å². The van der Waals surface area contributed by atoms with Gasteiger partial charge in [0.2, 0.25) is 0 Å². The third-order valence-electron chi connectivity index (χ3n) is 2.16. The van der Waals surface area contributed by atoms with Gasteiger partial charge < -0.3 is 4.74 Å². The van der Waals surface area contributed by atoms with E-state index in [0.29, 0.717) is 15.8 Å². The summed E-state index contributed by atoms with van der Waals surface area (Å²) in [5.74, 6) is -0.410. The molecule has 88 valence electrons. The second-order valence-corrected chi connectivity index (χ2v) is 4.18. The summed E-state index contributed by atoms with van der Waals surface area (Å²) in [6.45, 7) is 1.29. The van der Waals surface area contributed by atoms with Gasteiger partial charge >= 0.3 is 5.97 Å². The summed E-state index contributed by atoms with van der Waals surface area (Å²) in [6.07, 6.45) is 1.63. The van der Waals surface area contributed by atoms with Gasteiger partial charge in [-0.25, -0.2) is 4.98 Å². The Morgan fingerprint density at radius 1 is 1.53 bits per heavy atom. The first kappa shape index (κ1) is 11.8. The Hall–Kier alpha value is -1.69. The number of rotatable bonds is 2. The van der Waals surface area contributed by atoms with Crippen molar-refractivity contribution in [3.63, 3.8) is 0 Å². The summed E-state index contributed by atoms with van der Waals surface area (Å²) in [5.41, 5.74) is 0.706. The molecule has 2 aromatic rings. The van der Waals surface area contributed by atoms with E-state index in [0.717, 1.165) is 0 Å². The minimum Gasteiger partial charge on any atom is -0.459 e. The van der Waals surface area contributed by atoms with E-state index in [2.05, 4.69) is 20.9 Å². The Kier molecular flexibility index (Phi) is 3.23. The first-order valence-electron chi connectivity index (χ1n) is 4.88. The van der Waals surface area contributed by atoms with Gasteiger partial charge in [0.25, 0.3) is 5.56 Å². The van der Waals surface area contributed by atoms with Crippen molar-refractivity contribution in [3.05, 3.63) is 44.9 Å². The molecule has 2 aromatic heterocycles. The van der Waals surface area contributed by atoms with Crippen molar-refractivity contribution in [1.82, 2.24) is 9.38 Å². The zero-order valence-electron chi connectivity index (χ0n) is 9.01. The molecule has 0 bridgehead atoms. The maximum Gasteiger partial charge on any atom is 0.303 e. The molecule has 17 heavy (non-hydrogen) atoms. The van der Waals surface area contributed by atoms with Crippen LogP contribution < -0.4 is 5.56 Å². The molecule has 0 saturated heterocycles. The van der Waals surface area contributed by atoms with Crippen molar-refractivity contribution in [1.29, 1.82) is 0 Å². The van der Waals surface area contributed by atoms with Crippen LogP contribution in [-0.2, 0) is 16.1 Å². The number of halogens is 1. The molecule has 0 aromatic carbocycles. The predicted octanol–water partition coefficient (Wildman–Crippen LogP) is 1.52. The van der Waals surface area contributed by atoms with Crippen LogP contribution in [-0.4, -0.2) is 15.4 Å². The van der Waals surface area contributed by atoms with Crippen molar-refractivity contribution in [2.24, 2.45) is 0 Å². The average molecular weight is 297 g/mol. The first-order chi connectivity index (χ1) is 8.09. The van der Waals surface area contributed by atoms with Gasteiger partial charge in [-0.1, -0.05) is 6.07 Å². The molecule has 6 heteroatoms. The third-order valence-corrected chi connectivity index (χ3v) is 2.96. The minimum atomic E-state index is -0.410. The summed E-state index contributed by atoms with van der Waals surface area (Å²) in [6, 6.07) is 5.24. The molecule has 0 N–H and O–H groups in total. The van der Waals surface area contributed by atoms with Gasteiger partial charge in [0.1, 0.15) is 22.4 Å². The van der Waals surface area contributed by atoms with E-state index in [-0.39, 0.29) is 12.2 Å². The molecule has 0 fully saturated rings. The van der Waals surface area contributed by atoms with Crippen LogP contribution in [0, 0.1) is 0 Å². The molecule has 0 atom stereocenters. The first-order valence-corrected chi connectivity index (χ1v) is 5.68. The van der Waals surface area contributed by atoms with Crippen LogP contribution in [0.5, 0.6) is 0 Å². The second-order valence-electron chi connectivity index (χ2n) is 3.39. The molecular weight excluding hydrogens is 288 g/mol. The molecule has 0 saturated carbocycles. The van der Waals surface area contributed by atoms with Crippen LogP contribution in [0.25, 0.3) is 5.65 Å². The van der Waals surface area contributed by atoms with Crippen molar-refractivity contribution in [2.75, 3.05) is 0 Å². The number of hydrogen-bond acceptors (Lipinski definition) is 4. The second kappa shape index (κ2) is 4.67. The molecule has 2 heterocycles. The lowest BCUT2D eigenvalue weighted by Gasteiger charge is -2.06. The van der Waals surface area contributed by atoms with Crippen LogP contribution in [0.1, 0.15) is 12.6 Å². The van der Waals surface area contributed by atoms with Crippen molar-refractivity contribution in [3.8, 4) is 0 Å². The highest BCUT2D eigenvalue weighted by molar-refractivity contribution is 9.10. The lowest BCUT2D eigenvalue weighted by Crippen LogP contribution is -2.18. The Morgan fingerprint density at radius 3 is 3.00 bits per heavy atom. The number of pyridine rings is 1. The summed E-state index contributed by atoms with van der Waals surface area (Å²) in [5, 5.41) is 0. The molecule has 0 unspecified atom stereocenters. The lowest BCUT2D eigenvalue weighted by molar-refractivity contribution is -0.142. The Labute approximate surface area is 105 Å². The van der Waals surface area contributed by atoms with Gasteiger partial charge in [-0.05, 0) is 28.1 Å². The molecule has 0 aliphatic carbocycles. The summed E-state index contributed by atoms with van der Waals surface area (Å²) in [4.78, 5) is 26.9. The number of nitrogens with zero attached hydrogens (tertiary/aromatic N) is 2. The fraction of sp³-hybridized carbons (Fsp3) is 0.182. The average Bonchev–Trinajstić information content (AvgIpc) is 2.32. The van der Waals surface area contributed by atoms with Gasteiger partial charge in [0, 0.05) is 13.1 Å². The van der Waals surface area contributed by atoms with Crippen LogP contribution in [0.15, 0.2) is 33.7 Å². The van der Waals surface area contributed by atoms with E-state index in [1.807, 2.05) is 0 Å². The zero-order valence-corrected chi connectivity index (χ0v) is 10.6. The maximum absolute atomic E-state index is 11.9. The molecule has 0 amide bonds. The molecular formula is C11H9BrN2O3. The fourth-order valence-electron chi connectivity index (χ4n) is 1.38. The quantitative estimate of drug-likeness (QED) is 0.789. The van der Waals surface area contributed by atoms with E-state index in [4.69, 9.17) is 4.74 Å². The number of fused-ring (bicyclic) bond motifs is 1. The van der Waals surface area contributed by atoms with Crippen LogP contribution in [0.2, 0.25) is 0 Å². The van der Waals surface area contributed by atoms with Crippen LogP contribution in [0.4, 0.5) is 0 Å². The maximum atomic E-state index is 11.9. The van der Waals surface area contributed by atoms with E-state index in [9.17, 15) is 9.59 Å². The Bertz CT molecular complexity index is 636. The molecule has 5 nitrogen and oxygen atoms in total. The Morgan fingerprint density at radius 2 is 2.29 bits per heavy atom. The number of carbonyl (C=O) groups excluding carboxylic acids is 1. The summed E-state index contributed by atoms with van der Waals surface area (Å²) in [7, 11) is 0. The lowest BCUT2D eigenvalue weighted by atomic mass is 10.4. The molecule has 0 aliphatic rings. The molecule has 0 radical (unpaired) electrons. The fourth-order valence-corrected chi connectivity index (χ4v) is 1.77. The normalized spacial score (nSPS) is 10.5. The van der Waals surface area contributed by atoms with Crippen molar-refractivity contribution in [2.45, 2.75) is 13.5 Å². The standard InChI is InChI=1S/C11H9BrN2O3/c1-7(15)17-6-8-10(12)11(16)14-5-3-2-4-9(14)13-8/h2-5H,6H2,1H3. The number of ether oxygens (including phenoxy) is 1. The number of carbonyl (C=O) groups is 1. The van der Waals surface area contributed by atoms with E-state index in [1.54, 1.807) is 24.4 Å². The minimum absolute atomic E-state index is 0.0173. The smallest absolute Gasteiger partial charge is 0.303 e. The van der Waals surface area contributed by atoms with Gasteiger partial charge in [-0.3, -0.25) is 14.0 Å². The van der Waals surface area contributed by atoms with Crippen molar-refractivity contribution >= 4 is 27.5 Å². The highest BCUT2D eigenvalue weighted by atomic mass is 79.9. The highest BCUT2D eigenvalue weighted by Crippen LogP contribution is 2.12. The van der Waals surface area contributed by atoms with E-state index >= 15 is 0 Å². The van der Waals surface area contributed by atoms with Crippen LogP contribution >= 0.6 is 15.9 Å². The SMILES string of the molecule is CC(=O)OCc1nc2ccccn2c(=O)c1Br. The number of hydrogen-bond donors (Lipinski definition) is 0. The molecule has 0 aliphatic heterocycles. The summed E-state index contributed by atoms with van der Waals surface area (Å²) < 4.78 is 6.56. The predicted molar refractivity (Wildman–Crippen MR) is 64.6 cm³/mol. The highest BCUT2D eigenvalue weighted by Gasteiger charge is 2.10. The Balaban J connectivity index is 2.54. The van der Waals surface area contributed by atoms with Gasteiger partial charge in [-0.15, -0.1) is 0 Å². The zero-order chi connectivity index (χ0) is 12.4. The van der Waals surface area contributed by atoms with Gasteiger partial charge in [0.05, 0.1) is 0 Å². The largest absolute Gasteiger partial charge is 0.459 e. The summed E-state index contributed by atoms with van der Waals surface area (Å²) >= 11 is 3.16. The van der Waals surface area contributed by atoms with Gasteiger partial charge in [-0.2, -0.15) is 0 Å². The van der Waals surface area contributed by atoms with E-state index in [1.165, 1.54) is 11.3 Å². The monoisotopic (exact) mass is 296 g/mol. The number of aromatic nitrogens is 2.